The number of nitrogens with two attached hydrogens (primary N) is 1. The van der Waals surface area contributed by atoms with E-state index in [-0.39, 0.29) is 18.1 Å². The molecule has 3 N–H and O–H groups in total. The molecule has 0 aliphatic rings. The Morgan fingerprint density at radius 2 is 1.71 bits per heavy atom. The van der Waals surface area contributed by atoms with Gasteiger partial charge in [-0.1, -0.05) is 26.0 Å². The fraction of sp³-hybridized carbons (Fsp3) is 0.588. The van der Waals surface area contributed by atoms with Gasteiger partial charge in [-0.05, 0) is 50.8 Å². The second-order valence-electron chi connectivity index (χ2n) is 6.20. The Bertz CT molecular complexity index is 441. The summed E-state index contributed by atoms with van der Waals surface area (Å²) in [5, 5.41) is 2.96. The van der Waals surface area contributed by atoms with Crippen molar-refractivity contribution in [3.8, 4) is 5.75 Å². The summed E-state index contributed by atoms with van der Waals surface area (Å²) in [4.78, 5) is 12.0. The van der Waals surface area contributed by atoms with Gasteiger partial charge in [0.05, 0.1) is 18.2 Å². The molecule has 118 valence electrons. The van der Waals surface area contributed by atoms with E-state index in [0.29, 0.717) is 12.3 Å². The topological polar surface area (TPSA) is 64.4 Å². The molecule has 0 radical (unpaired) electrons. The Morgan fingerprint density at radius 3 is 2.19 bits per heavy atom. The molecule has 2 atom stereocenters. The third-order valence-electron chi connectivity index (χ3n) is 3.17. The van der Waals surface area contributed by atoms with Crippen LogP contribution < -0.4 is 15.8 Å². The summed E-state index contributed by atoms with van der Waals surface area (Å²) in [5.41, 5.74) is 6.93. The van der Waals surface area contributed by atoms with Crippen molar-refractivity contribution >= 4 is 5.91 Å². The van der Waals surface area contributed by atoms with Crippen LogP contribution >= 0.6 is 0 Å². The Hall–Kier alpha value is -1.55. The molecular formula is C17H28N2O2. The van der Waals surface area contributed by atoms with Crippen molar-refractivity contribution in [2.75, 3.05) is 0 Å². The number of carbonyl (C=O) groups excluding carboxylic acids is 1. The normalized spacial score (nSPS) is 14.1. The molecule has 0 aliphatic heterocycles. The van der Waals surface area contributed by atoms with E-state index in [1.54, 1.807) is 0 Å². The van der Waals surface area contributed by atoms with Crippen LogP contribution in [0.15, 0.2) is 24.3 Å². The third kappa shape index (κ3) is 6.17. The minimum absolute atomic E-state index is 0.0659. The van der Waals surface area contributed by atoms with E-state index in [4.69, 9.17) is 10.5 Å². The van der Waals surface area contributed by atoms with Crippen molar-refractivity contribution in [2.45, 2.75) is 59.2 Å². The van der Waals surface area contributed by atoms with Crippen molar-refractivity contribution in [3.05, 3.63) is 29.8 Å². The van der Waals surface area contributed by atoms with E-state index in [1.165, 1.54) is 0 Å². The van der Waals surface area contributed by atoms with Crippen LogP contribution in [0.25, 0.3) is 0 Å². The van der Waals surface area contributed by atoms with Crippen LogP contribution in [0.2, 0.25) is 0 Å². The van der Waals surface area contributed by atoms with Crippen LogP contribution in [0.4, 0.5) is 0 Å². The number of hydrogen-bond donors (Lipinski definition) is 2. The first kappa shape index (κ1) is 17.5. The van der Waals surface area contributed by atoms with Gasteiger partial charge in [-0.3, -0.25) is 4.79 Å². The molecule has 1 aromatic carbocycles. The smallest absolute Gasteiger partial charge is 0.237 e. The number of carbonyl (C=O) groups is 1. The maximum Gasteiger partial charge on any atom is 0.237 e. The average molecular weight is 292 g/mol. The molecule has 0 heterocycles. The molecule has 1 unspecified atom stereocenters. The van der Waals surface area contributed by atoms with E-state index in [0.717, 1.165) is 11.3 Å². The molecule has 0 spiro atoms. The maximum atomic E-state index is 12.0. The first-order valence-electron chi connectivity index (χ1n) is 7.62. The van der Waals surface area contributed by atoms with Crippen LogP contribution in [-0.4, -0.2) is 18.1 Å². The van der Waals surface area contributed by atoms with Gasteiger partial charge in [-0.15, -0.1) is 0 Å². The van der Waals surface area contributed by atoms with Crippen LogP contribution in [0, 0.1) is 5.92 Å². The number of nitrogens with one attached hydrogen (secondary N) is 1. The first-order chi connectivity index (χ1) is 9.79. The zero-order chi connectivity index (χ0) is 16.0. The SMILES string of the molecule is CC(C)C[C@H](N)C(=O)NC(C)c1ccc(OC(C)C)cc1. The van der Waals surface area contributed by atoms with Gasteiger partial charge >= 0.3 is 0 Å². The largest absolute Gasteiger partial charge is 0.491 e. The molecule has 4 heteroatoms. The van der Waals surface area contributed by atoms with Crippen LogP contribution in [-0.2, 0) is 4.79 Å². The van der Waals surface area contributed by atoms with Crippen molar-refractivity contribution in [1.82, 2.24) is 5.32 Å². The van der Waals surface area contributed by atoms with Crippen molar-refractivity contribution in [2.24, 2.45) is 11.7 Å². The molecule has 1 aromatic rings. The molecule has 0 saturated heterocycles. The third-order valence-corrected chi connectivity index (χ3v) is 3.17. The Balaban J connectivity index is 2.58. The standard InChI is InChI=1S/C17H28N2O2/c1-11(2)10-16(18)17(20)19-13(5)14-6-8-15(9-7-14)21-12(3)4/h6-9,11-13,16H,10,18H2,1-5H3,(H,19,20)/t13?,16-/m0/s1. The van der Waals surface area contributed by atoms with Gasteiger partial charge in [0.25, 0.3) is 0 Å². The fourth-order valence-corrected chi connectivity index (χ4v) is 2.13. The lowest BCUT2D eigenvalue weighted by Crippen LogP contribution is -2.42. The summed E-state index contributed by atoms with van der Waals surface area (Å²) in [5.74, 6) is 1.15. The number of ether oxygens (including phenoxy) is 1. The summed E-state index contributed by atoms with van der Waals surface area (Å²) < 4.78 is 5.60. The lowest BCUT2D eigenvalue weighted by molar-refractivity contribution is -0.123. The van der Waals surface area contributed by atoms with E-state index in [2.05, 4.69) is 19.2 Å². The van der Waals surface area contributed by atoms with E-state index in [9.17, 15) is 4.79 Å². The number of rotatable bonds is 7. The quantitative estimate of drug-likeness (QED) is 0.812. The molecule has 0 fully saturated rings. The number of amides is 1. The first-order valence-corrected chi connectivity index (χ1v) is 7.62. The summed E-state index contributed by atoms with van der Waals surface area (Å²) in [6.07, 6.45) is 0.849. The molecule has 4 nitrogen and oxygen atoms in total. The minimum atomic E-state index is -0.448. The molecule has 1 amide bonds. The van der Waals surface area contributed by atoms with Crippen molar-refractivity contribution in [1.29, 1.82) is 0 Å². The second kappa shape index (κ2) is 8.03. The van der Waals surface area contributed by atoms with Crippen molar-refractivity contribution in [3.63, 3.8) is 0 Å². The predicted molar refractivity (Wildman–Crippen MR) is 86.2 cm³/mol. The van der Waals surface area contributed by atoms with E-state index in [1.807, 2.05) is 45.0 Å². The molecule has 0 bridgehead atoms. The molecule has 0 saturated carbocycles. The van der Waals surface area contributed by atoms with Gasteiger partial charge in [0.2, 0.25) is 5.91 Å². The lowest BCUT2D eigenvalue weighted by atomic mass is 10.0. The molecule has 0 aromatic heterocycles. The van der Waals surface area contributed by atoms with E-state index < -0.39 is 6.04 Å². The zero-order valence-corrected chi connectivity index (χ0v) is 13.7. The molecule has 21 heavy (non-hydrogen) atoms. The maximum absolute atomic E-state index is 12.0. The Labute approximate surface area is 128 Å². The van der Waals surface area contributed by atoms with Gasteiger partial charge in [0.1, 0.15) is 5.75 Å². The van der Waals surface area contributed by atoms with Crippen LogP contribution in [0.1, 0.15) is 52.6 Å². The predicted octanol–water partition coefficient (Wildman–Crippen LogP) is 3.02. The molecule has 1 rings (SSSR count). The highest BCUT2D eigenvalue weighted by atomic mass is 16.5. The zero-order valence-electron chi connectivity index (χ0n) is 13.7. The van der Waals surface area contributed by atoms with Gasteiger partial charge in [-0.2, -0.15) is 0 Å². The van der Waals surface area contributed by atoms with Crippen molar-refractivity contribution < 1.29 is 9.53 Å². The average Bonchev–Trinajstić information content (AvgIpc) is 2.37. The Morgan fingerprint density at radius 1 is 1.14 bits per heavy atom. The van der Waals surface area contributed by atoms with Crippen LogP contribution in [0.3, 0.4) is 0 Å². The molecular weight excluding hydrogens is 264 g/mol. The highest BCUT2D eigenvalue weighted by molar-refractivity contribution is 5.81. The monoisotopic (exact) mass is 292 g/mol. The summed E-state index contributed by atoms with van der Waals surface area (Å²) >= 11 is 0. The second-order valence-corrected chi connectivity index (χ2v) is 6.20. The highest BCUT2D eigenvalue weighted by Gasteiger charge is 2.17. The summed E-state index contributed by atoms with van der Waals surface area (Å²) in [6.45, 7) is 10.1. The highest BCUT2D eigenvalue weighted by Crippen LogP contribution is 2.18. The number of benzene rings is 1. The lowest BCUT2D eigenvalue weighted by Gasteiger charge is -2.19. The number of hydrogen-bond acceptors (Lipinski definition) is 3. The molecule has 0 aliphatic carbocycles. The minimum Gasteiger partial charge on any atom is -0.491 e. The van der Waals surface area contributed by atoms with Gasteiger partial charge in [-0.25, -0.2) is 0 Å². The Kier molecular flexibility index (Phi) is 6.69. The van der Waals surface area contributed by atoms with Gasteiger partial charge in [0, 0.05) is 0 Å². The van der Waals surface area contributed by atoms with Crippen LogP contribution in [0.5, 0.6) is 5.75 Å². The van der Waals surface area contributed by atoms with Gasteiger partial charge < -0.3 is 15.8 Å². The van der Waals surface area contributed by atoms with Gasteiger partial charge in [0.15, 0.2) is 0 Å². The summed E-state index contributed by atoms with van der Waals surface area (Å²) in [6, 6.07) is 7.27. The summed E-state index contributed by atoms with van der Waals surface area (Å²) in [7, 11) is 0. The van der Waals surface area contributed by atoms with E-state index >= 15 is 0 Å². The fourth-order valence-electron chi connectivity index (χ4n) is 2.13.